The van der Waals surface area contributed by atoms with E-state index in [0.29, 0.717) is 29.2 Å². The Balaban J connectivity index is 1.66. The molecule has 1 N–H and O–H groups in total. The fourth-order valence-electron chi connectivity index (χ4n) is 4.59. The van der Waals surface area contributed by atoms with Crippen molar-refractivity contribution in [3.8, 4) is 5.75 Å². The van der Waals surface area contributed by atoms with E-state index in [9.17, 15) is 19.5 Å². The molecule has 2 amide bonds. The number of methoxy groups -OCH3 is 1. The van der Waals surface area contributed by atoms with Crippen LogP contribution in [0.1, 0.15) is 17.5 Å². The van der Waals surface area contributed by atoms with Crippen molar-refractivity contribution < 1.29 is 24.2 Å². The van der Waals surface area contributed by atoms with Crippen LogP contribution in [0.2, 0.25) is 0 Å². The van der Waals surface area contributed by atoms with Crippen molar-refractivity contribution in [2.24, 2.45) is 0 Å². The van der Waals surface area contributed by atoms with Gasteiger partial charge in [-0.2, -0.15) is 0 Å². The Bertz CT molecular complexity index is 1260. The van der Waals surface area contributed by atoms with Crippen LogP contribution in [0.5, 0.6) is 5.75 Å². The SMILES string of the molecule is COc1ccc(N2C(=O)C(CC(=O)O)SC23C(=O)N(Cc2ccccc2)c2ccccc23)cc1. The molecule has 3 aromatic rings. The highest BCUT2D eigenvalue weighted by molar-refractivity contribution is 8.03. The van der Waals surface area contributed by atoms with E-state index < -0.39 is 22.0 Å². The summed E-state index contributed by atoms with van der Waals surface area (Å²) in [6.45, 7) is 0.341. The predicted octanol–water partition coefficient (Wildman–Crippen LogP) is 4.02. The van der Waals surface area contributed by atoms with Crippen molar-refractivity contribution >= 4 is 40.9 Å². The number of carbonyl (C=O) groups excluding carboxylic acids is 2. The minimum absolute atomic E-state index is 0.264. The zero-order valence-electron chi connectivity index (χ0n) is 18.4. The highest BCUT2D eigenvalue weighted by atomic mass is 32.2. The molecule has 0 aliphatic carbocycles. The molecule has 2 atom stereocenters. The number of benzene rings is 3. The standard InChI is InChI=1S/C26H22N2O5S/c1-33-19-13-11-18(12-14-19)28-24(31)22(15-23(29)30)34-26(28)20-9-5-6-10-21(20)27(25(26)32)16-17-7-3-2-4-8-17/h2-14,22H,15-16H2,1H3,(H,29,30). The van der Waals surface area contributed by atoms with Crippen LogP contribution in [0.25, 0.3) is 0 Å². The van der Waals surface area contributed by atoms with E-state index in [1.54, 1.807) is 36.3 Å². The highest BCUT2D eigenvalue weighted by Gasteiger charge is 2.64. The molecule has 8 heteroatoms. The van der Waals surface area contributed by atoms with Gasteiger partial charge in [0.15, 0.2) is 0 Å². The van der Waals surface area contributed by atoms with Gasteiger partial charge < -0.3 is 14.7 Å². The van der Waals surface area contributed by atoms with E-state index in [4.69, 9.17) is 4.74 Å². The zero-order valence-corrected chi connectivity index (χ0v) is 19.2. The van der Waals surface area contributed by atoms with E-state index in [0.717, 1.165) is 17.3 Å². The van der Waals surface area contributed by atoms with E-state index in [1.807, 2.05) is 54.6 Å². The number of hydrogen-bond acceptors (Lipinski definition) is 5. The van der Waals surface area contributed by atoms with Crippen LogP contribution in [0.15, 0.2) is 78.9 Å². The van der Waals surface area contributed by atoms with Gasteiger partial charge in [0.25, 0.3) is 5.91 Å². The second-order valence-electron chi connectivity index (χ2n) is 8.11. The molecular weight excluding hydrogens is 452 g/mol. The van der Waals surface area contributed by atoms with Crippen LogP contribution in [0.3, 0.4) is 0 Å². The second kappa shape index (κ2) is 8.53. The van der Waals surface area contributed by atoms with Gasteiger partial charge in [-0.05, 0) is 35.9 Å². The lowest BCUT2D eigenvalue weighted by Crippen LogP contribution is -2.49. The van der Waals surface area contributed by atoms with Crippen molar-refractivity contribution in [2.45, 2.75) is 23.1 Å². The molecule has 172 valence electrons. The van der Waals surface area contributed by atoms with E-state index in [2.05, 4.69) is 0 Å². The van der Waals surface area contributed by atoms with Crippen molar-refractivity contribution in [2.75, 3.05) is 16.9 Å². The van der Waals surface area contributed by atoms with Crippen molar-refractivity contribution in [1.29, 1.82) is 0 Å². The van der Waals surface area contributed by atoms with Gasteiger partial charge in [-0.25, -0.2) is 0 Å². The normalized spacial score (nSPS) is 21.3. The third-order valence-corrected chi connectivity index (χ3v) is 7.66. The Morgan fingerprint density at radius 2 is 1.68 bits per heavy atom. The zero-order chi connectivity index (χ0) is 23.9. The number of thioether (sulfide) groups is 1. The Kier molecular flexibility index (Phi) is 5.53. The number of carboxylic acids is 1. The maximum atomic E-state index is 14.2. The summed E-state index contributed by atoms with van der Waals surface area (Å²) in [6.07, 6.45) is -0.369. The van der Waals surface area contributed by atoms with Crippen LogP contribution in [-0.4, -0.2) is 35.2 Å². The molecule has 2 heterocycles. The Labute approximate surface area is 200 Å². The molecule has 1 saturated heterocycles. The fraction of sp³-hybridized carbons (Fsp3) is 0.192. The summed E-state index contributed by atoms with van der Waals surface area (Å²) < 4.78 is 5.25. The number of fused-ring (bicyclic) bond motifs is 2. The number of hydrogen-bond donors (Lipinski definition) is 1. The summed E-state index contributed by atoms with van der Waals surface area (Å²) >= 11 is 1.11. The average Bonchev–Trinajstić information content (AvgIpc) is 3.26. The van der Waals surface area contributed by atoms with Gasteiger partial charge in [0.1, 0.15) is 5.75 Å². The molecule has 0 bridgehead atoms. The first kappa shape index (κ1) is 22.0. The molecule has 2 unspecified atom stereocenters. The number of para-hydroxylation sites is 1. The monoisotopic (exact) mass is 474 g/mol. The van der Waals surface area contributed by atoms with Gasteiger partial charge in [0, 0.05) is 11.3 Å². The molecule has 5 rings (SSSR count). The Morgan fingerprint density at radius 3 is 2.35 bits per heavy atom. The summed E-state index contributed by atoms with van der Waals surface area (Å²) in [4.78, 5) is 41.2. The number of carboxylic acid groups (broad SMARTS) is 1. The lowest BCUT2D eigenvalue weighted by Gasteiger charge is -2.33. The molecule has 2 aliphatic heterocycles. The van der Waals surface area contributed by atoms with Crippen LogP contribution < -0.4 is 14.5 Å². The number of anilines is 2. The summed E-state index contributed by atoms with van der Waals surface area (Å²) in [7, 11) is 1.55. The van der Waals surface area contributed by atoms with E-state index in [-0.39, 0.29) is 12.3 Å². The Hall–Kier alpha value is -3.78. The van der Waals surface area contributed by atoms with Gasteiger partial charge >= 0.3 is 5.97 Å². The minimum atomic E-state index is -1.39. The van der Waals surface area contributed by atoms with E-state index in [1.165, 1.54) is 4.90 Å². The lowest BCUT2D eigenvalue weighted by molar-refractivity contribution is -0.138. The van der Waals surface area contributed by atoms with Crippen LogP contribution in [0, 0.1) is 0 Å². The van der Waals surface area contributed by atoms with Gasteiger partial charge in [0.2, 0.25) is 10.8 Å². The maximum absolute atomic E-state index is 14.2. The molecule has 34 heavy (non-hydrogen) atoms. The third-order valence-electron chi connectivity index (χ3n) is 6.09. The van der Waals surface area contributed by atoms with Crippen LogP contribution in [-0.2, 0) is 25.8 Å². The van der Waals surface area contributed by atoms with E-state index >= 15 is 0 Å². The number of nitrogens with zero attached hydrogens (tertiary/aromatic N) is 2. The van der Waals surface area contributed by atoms with Crippen molar-refractivity contribution in [3.63, 3.8) is 0 Å². The van der Waals surface area contributed by atoms with Gasteiger partial charge in [0.05, 0.1) is 31.0 Å². The number of aliphatic carboxylic acids is 1. The van der Waals surface area contributed by atoms with Gasteiger partial charge in [-0.15, -0.1) is 11.8 Å². The average molecular weight is 475 g/mol. The first-order valence-electron chi connectivity index (χ1n) is 10.8. The molecule has 7 nitrogen and oxygen atoms in total. The predicted molar refractivity (Wildman–Crippen MR) is 130 cm³/mol. The number of ether oxygens (including phenoxy) is 1. The quantitative estimate of drug-likeness (QED) is 0.581. The molecule has 3 aromatic carbocycles. The number of amides is 2. The largest absolute Gasteiger partial charge is 0.497 e. The first-order chi connectivity index (χ1) is 16.5. The van der Waals surface area contributed by atoms with Gasteiger partial charge in [-0.1, -0.05) is 48.5 Å². The summed E-state index contributed by atoms with van der Waals surface area (Å²) in [5.74, 6) is -1.14. The molecule has 0 radical (unpaired) electrons. The number of carbonyl (C=O) groups is 3. The highest BCUT2D eigenvalue weighted by Crippen LogP contribution is 2.58. The third kappa shape index (κ3) is 3.42. The van der Waals surface area contributed by atoms with Crippen LogP contribution in [0.4, 0.5) is 11.4 Å². The van der Waals surface area contributed by atoms with Crippen molar-refractivity contribution in [1.82, 2.24) is 0 Å². The smallest absolute Gasteiger partial charge is 0.305 e. The molecule has 2 aliphatic rings. The van der Waals surface area contributed by atoms with Crippen LogP contribution >= 0.6 is 11.8 Å². The summed E-state index contributed by atoms with van der Waals surface area (Å²) in [5, 5.41) is 8.56. The minimum Gasteiger partial charge on any atom is -0.497 e. The van der Waals surface area contributed by atoms with Crippen molar-refractivity contribution in [3.05, 3.63) is 90.0 Å². The molecule has 0 aromatic heterocycles. The molecular formula is C26H22N2O5S. The molecule has 1 fully saturated rings. The molecule has 0 saturated carbocycles. The summed E-state index contributed by atoms with van der Waals surface area (Å²) in [6, 6.07) is 23.9. The topological polar surface area (TPSA) is 87.1 Å². The fourth-order valence-corrected chi connectivity index (χ4v) is 6.25. The summed E-state index contributed by atoms with van der Waals surface area (Å²) in [5.41, 5.74) is 2.86. The van der Waals surface area contributed by atoms with Gasteiger partial charge in [-0.3, -0.25) is 19.3 Å². The number of rotatable bonds is 6. The first-order valence-corrected chi connectivity index (χ1v) is 11.7. The maximum Gasteiger partial charge on any atom is 0.305 e. The lowest BCUT2D eigenvalue weighted by atomic mass is 10.0. The second-order valence-corrected chi connectivity index (χ2v) is 9.51. The molecule has 1 spiro atoms. The Morgan fingerprint density at radius 1 is 1.00 bits per heavy atom.